The Balaban J connectivity index is 1.68. The molecular formula is C22H26N4O3. The van der Waals surface area contributed by atoms with E-state index in [0.717, 1.165) is 22.5 Å². The molecule has 29 heavy (non-hydrogen) atoms. The van der Waals surface area contributed by atoms with Crippen LogP contribution in [0.2, 0.25) is 0 Å². The Bertz CT molecular complexity index is 987. The largest absolute Gasteiger partial charge is 0.444 e. The lowest BCUT2D eigenvalue weighted by Gasteiger charge is -2.45. The number of aromatic nitrogens is 3. The predicted molar refractivity (Wildman–Crippen MR) is 109 cm³/mol. The van der Waals surface area contributed by atoms with Crippen LogP contribution in [0.15, 0.2) is 36.3 Å². The number of fused-ring (bicyclic) bond motifs is 2. The van der Waals surface area contributed by atoms with E-state index in [-0.39, 0.29) is 11.9 Å². The van der Waals surface area contributed by atoms with Crippen LogP contribution < -0.4 is 0 Å². The predicted octanol–water partition coefficient (Wildman–Crippen LogP) is 3.42. The van der Waals surface area contributed by atoms with Crippen LogP contribution in [0.25, 0.3) is 11.8 Å². The van der Waals surface area contributed by atoms with E-state index >= 15 is 0 Å². The van der Waals surface area contributed by atoms with Gasteiger partial charge in [0.1, 0.15) is 11.4 Å². The van der Waals surface area contributed by atoms with Gasteiger partial charge in [0.25, 0.3) is 0 Å². The van der Waals surface area contributed by atoms with Gasteiger partial charge in [-0.2, -0.15) is 5.10 Å². The van der Waals surface area contributed by atoms with Gasteiger partial charge in [-0.15, -0.1) is 0 Å². The van der Waals surface area contributed by atoms with Crippen LogP contribution >= 0.6 is 0 Å². The number of ether oxygens (including phenoxy) is 1. The highest BCUT2D eigenvalue weighted by Crippen LogP contribution is 2.45. The lowest BCUT2D eigenvalue weighted by atomic mass is 9.66. The van der Waals surface area contributed by atoms with E-state index in [0.29, 0.717) is 25.9 Å². The fourth-order valence-electron chi connectivity index (χ4n) is 4.18. The summed E-state index contributed by atoms with van der Waals surface area (Å²) in [6, 6.07) is 3.83. The molecule has 0 N–H and O–H groups in total. The van der Waals surface area contributed by atoms with Gasteiger partial charge in [0.2, 0.25) is 0 Å². The molecule has 2 aromatic heterocycles. The minimum absolute atomic E-state index is 0.0665. The van der Waals surface area contributed by atoms with Crippen LogP contribution in [0.4, 0.5) is 4.79 Å². The summed E-state index contributed by atoms with van der Waals surface area (Å²) in [6.45, 7) is 8.03. The van der Waals surface area contributed by atoms with E-state index in [2.05, 4.69) is 16.2 Å². The lowest BCUT2D eigenvalue weighted by molar-refractivity contribution is -0.126. The Labute approximate surface area is 170 Å². The summed E-state index contributed by atoms with van der Waals surface area (Å²) in [5, 5.41) is 4.53. The Morgan fingerprint density at radius 2 is 2.03 bits per heavy atom. The molecule has 1 aliphatic heterocycles. The highest BCUT2D eigenvalue weighted by Gasteiger charge is 2.48. The molecule has 7 heteroatoms. The minimum atomic E-state index is -0.717. The smallest absolute Gasteiger partial charge is 0.410 e. The van der Waals surface area contributed by atoms with Crippen LogP contribution in [0.1, 0.15) is 45.4 Å². The number of pyridine rings is 1. The van der Waals surface area contributed by atoms with Gasteiger partial charge < -0.3 is 9.64 Å². The number of likely N-dealkylation sites (tertiary alicyclic amines) is 1. The Morgan fingerprint density at radius 1 is 1.24 bits per heavy atom. The number of rotatable bonds is 2. The molecule has 0 saturated carbocycles. The molecular weight excluding hydrogens is 368 g/mol. The molecule has 1 aliphatic carbocycles. The van der Waals surface area contributed by atoms with Crippen LogP contribution in [0, 0.1) is 5.41 Å². The van der Waals surface area contributed by atoms with E-state index in [1.165, 1.54) is 0 Å². The highest BCUT2D eigenvalue weighted by atomic mass is 16.6. The van der Waals surface area contributed by atoms with E-state index in [1.54, 1.807) is 24.2 Å². The lowest BCUT2D eigenvalue weighted by Crippen LogP contribution is -2.53. The summed E-state index contributed by atoms with van der Waals surface area (Å²) in [5.74, 6) is 0.0665. The first-order valence-electron chi connectivity index (χ1n) is 9.87. The summed E-state index contributed by atoms with van der Waals surface area (Å²) in [5.41, 5.74) is 2.64. The molecule has 0 spiro atoms. The Morgan fingerprint density at radius 3 is 2.69 bits per heavy atom. The Kier molecular flexibility index (Phi) is 4.56. The molecule has 0 aromatic carbocycles. The maximum absolute atomic E-state index is 12.8. The zero-order valence-corrected chi connectivity index (χ0v) is 17.3. The summed E-state index contributed by atoms with van der Waals surface area (Å²) in [6.07, 6.45) is 8.18. The van der Waals surface area contributed by atoms with Gasteiger partial charge in [0, 0.05) is 19.3 Å². The number of nitrogens with zero attached hydrogens (tertiary/aromatic N) is 4. The number of carbonyl (C=O) groups excluding carboxylic acids is 2. The third kappa shape index (κ3) is 3.45. The normalized spacial score (nSPS) is 21.1. The van der Waals surface area contributed by atoms with Gasteiger partial charge in [0.05, 0.1) is 29.2 Å². The molecule has 0 unspecified atom stereocenters. The number of piperidine rings is 1. The molecule has 7 nitrogen and oxygen atoms in total. The number of amides is 1. The van der Waals surface area contributed by atoms with Crippen LogP contribution in [0.3, 0.4) is 0 Å². The Hall–Kier alpha value is -2.96. The molecule has 2 aliphatic rings. The van der Waals surface area contributed by atoms with E-state index < -0.39 is 11.0 Å². The summed E-state index contributed by atoms with van der Waals surface area (Å²) in [4.78, 5) is 31.3. The monoisotopic (exact) mass is 394 g/mol. The van der Waals surface area contributed by atoms with Gasteiger partial charge in [0.15, 0.2) is 0 Å². The molecule has 0 radical (unpaired) electrons. The fraction of sp³-hybridized carbons (Fsp3) is 0.455. The summed E-state index contributed by atoms with van der Waals surface area (Å²) < 4.78 is 7.41. The average molecular weight is 394 g/mol. The second-order valence-corrected chi connectivity index (χ2v) is 8.81. The zero-order chi connectivity index (χ0) is 20.8. The molecule has 152 valence electrons. The number of hydrogen-bond donors (Lipinski definition) is 0. The van der Waals surface area contributed by atoms with Crippen molar-refractivity contribution in [2.45, 2.75) is 46.1 Å². The number of hydrogen-bond acceptors (Lipinski definition) is 5. The topological polar surface area (TPSA) is 77.3 Å². The third-order valence-electron chi connectivity index (χ3n) is 5.63. The third-order valence-corrected chi connectivity index (χ3v) is 5.63. The molecule has 1 atom stereocenters. The van der Waals surface area contributed by atoms with E-state index in [9.17, 15) is 9.59 Å². The van der Waals surface area contributed by atoms with Crippen molar-refractivity contribution in [2.24, 2.45) is 5.41 Å². The standard InChI is InChI=1S/C22H26N4O3/c1-15(27)22-11-16-12-24-26(18-6-5-8-23-13-18)19(16)10-17(22)7-9-25(14-22)20(28)29-21(2,3)4/h5-6,8,10,12-13H,7,9,11,14H2,1-4H3/t22-/m1/s1. The molecule has 3 heterocycles. The molecule has 1 amide bonds. The molecule has 1 saturated heterocycles. The van der Waals surface area contributed by atoms with E-state index in [4.69, 9.17) is 4.74 Å². The molecule has 0 bridgehead atoms. The van der Waals surface area contributed by atoms with Crippen LogP contribution in [-0.2, 0) is 16.0 Å². The van der Waals surface area contributed by atoms with Crippen molar-refractivity contribution in [1.29, 1.82) is 0 Å². The maximum Gasteiger partial charge on any atom is 0.410 e. The zero-order valence-electron chi connectivity index (χ0n) is 17.3. The van der Waals surface area contributed by atoms with Gasteiger partial charge in [-0.25, -0.2) is 9.48 Å². The SMILES string of the molecule is CC(=O)[C@]12Cc3cnn(-c4cccnc4)c3C=C1CCN(C(=O)OC(C)(C)C)C2. The molecule has 2 aromatic rings. The molecule has 4 rings (SSSR count). The first-order valence-corrected chi connectivity index (χ1v) is 9.87. The van der Waals surface area contributed by atoms with Crippen molar-refractivity contribution in [3.8, 4) is 5.69 Å². The number of ketones is 1. The van der Waals surface area contributed by atoms with Crippen LogP contribution in [-0.4, -0.2) is 50.2 Å². The van der Waals surface area contributed by atoms with Crippen molar-refractivity contribution in [3.63, 3.8) is 0 Å². The van der Waals surface area contributed by atoms with Crippen molar-refractivity contribution < 1.29 is 14.3 Å². The van der Waals surface area contributed by atoms with Gasteiger partial charge in [-0.3, -0.25) is 9.78 Å². The number of Topliss-reactive ketones (excluding diaryl/α,β-unsaturated/α-hetero) is 1. The van der Waals surface area contributed by atoms with Crippen molar-refractivity contribution >= 4 is 18.0 Å². The number of carbonyl (C=O) groups is 2. The average Bonchev–Trinajstić information content (AvgIpc) is 3.07. The second-order valence-electron chi connectivity index (χ2n) is 8.81. The van der Waals surface area contributed by atoms with Crippen molar-refractivity contribution in [3.05, 3.63) is 47.6 Å². The summed E-state index contributed by atoms with van der Waals surface area (Å²) in [7, 11) is 0. The first-order chi connectivity index (χ1) is 13.7. The van der Waals surface area contributed by atoms with Gasteiger partial charge in [-0.1, -0.05) is 5.57 Å². The quantitative estimate of drug-likeness (QED) is 0.780. The van der Waals surface area contributed by atoms with Crippen molar-refractivity contribution in [1.82, 2.24) is 19.7 Å². The molecule has 1 fully saturated rings. The first kappa shape index (κ1) is 19.4. The van der Waals surface area contributed by atoms with Crippen molar-refractivity contribution in [2.75, 3.05) is 13.1 Å². The van der Waals surface area contributed by atoms with E-state index in [1.807, 2.05) is 43.8 Å². The second kappa shape index (κ2) is 6.83. The fourth-order valence-corrected chi connectivity index (χ4v) is 4.18. The minimum Gasteiger partial charge on any atom is -0.444 e. The summed E-state index contributed by atoms with van der Waals surface area (Å²) >= 11 is 0. The van der Waals surface area contributed by atoms with Gasteiger partial charge >= 0.3 is 6.09 Å². The maximum atomic E-state index is 12.8. The van der Waals surface area contributed by atoms with Gasteiger partial charge in [-0.05, 0) is 64.3 Å². The van der Waals surface area contributed by atoms with Crippen LogP contribution in [0.5, 0.6) is 0 Å². The highest BCUT2D eigenvalue weighted by molar-refractivity contribution is 5.90.